The average Bonchev–Trinajstić information content (AvgIpc) is 2.50. The summed E-state index contributed by atoms with van der Waals surface area (Å²) < 4.78 is 6.31. The van der Waals surface area contributed by atoms with Crippen LogP contribution in [0.25, 0.3) is 0 Å². The van der Waals surface area contributed by atoms with Gasteiger partial charge in [-0.25, -0.2) is 4.98 Å². The largest absolute Gasteiger partial charge is 0.497 e. The van der Waals surface area contributed by atoms with Gasteiger partial charge in [0.05, 0.1) is 7.11 Å². The van der Waals surface area contributed by atoms with Gasteiger partial charge in [0.1, 0.15) is 10.8 Å². The number of hydrogen-bond donors (Lipinski definition) is 1. The lowest BCUT2D eigenvalue weighted by Gasteiger charge is -2.17. The Morgan fingerprint density at radius 3 is 2.90 bits per heavy atom. The van der Waals surface area contributed by atoms with E-state index >= 15 is 0 Å². The van der Waals surface area contributed by atoms with E-state index in [1.54, 1.807) is 18.9 Å². The normalized spacial score (nSPS) is 12.2. The molecule has 0 aliphatic carbocycles. The van der Waals surface area contributed by atoms with Crippen molar-refractivity contribution in [2.75, 3.05) is 19.9 Å². The number of hydrogen-bond acceptors (Lipinski definition) is 4. The quantitative estimate of drug-likeness (QED) is 0.799. The highest BCUT2D eigenvalue weighted by Crippen LogP contribution is 2.29. The van der Waals surface area contributed by atoms with Crippen LogP contribution in [0.1, 0.15) is 11.6 Å². The van der Waals surface area contributed by atoms with Crippen LogP contribution in [0.4, 0.5) is 0 Å². The minimum Gasteiger partial charge on any atom is -0.497 e. The van der Waals surface area contributed by atoms with Gasteiger partial charge in [-0.1, -0.05) is 12.1 Å². The Labute approximate surface area is 132 Å². The van der Waals surface area contributed by atoms with Crippen LogP contribution >= 0.6 is 27.7 Å². The van der Waals surface area contributed by atoms with Crippen molar-refractivity contribution in [2.45, 2.75) is 11.1 Å². The average molecular weight is 353 g/mol. The first-order chi connectivity index (χ1) is 9.74. The van der Waals surface area contributed by atoms with Gasteiger partial charge >= 0.3 is 0 Å². The first-order valence-corrected chi connectivity index (χ1v) is 8.07. The SMILES string of the molecule is CNC(CSc1ncccc1Br)c1cccc(OC)c1. The van der Waals surface area contributed by atoms with Crippen molar-refractivity contribution in [3.63, 3.8) is 0 Å². The summed E-state index contributed by atoms with van der Waals surface area (Å²) in [5.74, 6) is 1.78. The number of rotatable bonds is 6. The molecule has 106 valence electrons. The van der Waals surface area contributed by atoms with E-state index in [0.717, 1.165) is 21.0 Å². The Hall–Kier alpha value is -1.04. The van der Waals surface area contributed by atoms with E-state index in [1.807, 2.05) is 37.5 Å². The molecule has 3 nitrogen and oxygen atoms in total. The topological polar surface area (TPSA) is 34.2 Å². The van der Waals surface area contributed by atoms with Gasteiger partial charge in [0.25, 0.3) is 0 Å². The Morgan fingerprint density at radius 2 is 2.20 bits per heavy atom. The van der Waals surface area contributed by atoms with Gasteiger partial charge in [-0.05, 0) is 52.8 Å². The van der Waals surface area contributed by atoms with Crippen molar-refractivity contribution in [3.05, 3.63) is 52.6 Å². The van der Waals surface area contributed by atoms with E-state index < -0.39 is 0 Å². The molecule has 0 amide bonds. The van der Waals surface area contributed by atoms with E-state index in [-0.39, 0.29) is 6.04 Å². The highest BCUT2D eigenvalue weighted by molar-refractivity contribution is 9.10. The monoisotopic (exact) mass is 352 g/mol. The Balaban J connectivity index is 2.07. The molecular weight excluding hydrogens is 336 g/mol. The molecule has 20 heavy (non-hydrogen) atoms. The number of benzene rings is 1. The fourth-order valence-electron chi connectivity index (χ4n) is 1.84. The molecule has 0 aliphatic rings. The minimum absolute atomic E-state index is 0.254. The molecule has 0 saturated carbocycles. The Kier molecular flexibility index (Phi) is 5.88. The van der Waals surface area contributed by atoms with Crippen molar-refractivity contribution < 1.29 is 4.74 Å². The van der Waals surface area contributed by atoms with Gasteiger partial charge in [0.15, 0.2) is 0 Å². The molecule has 1 heterocycles. The Bertz CT molecular complexity index is 565. The number of nitrogens with one attached hydrogen (secondary N) is 1. The minimum atomic E-state index is 0.254. The van der Waals surface area contributed by atoms with Crippen LogP contribution in [-0.2, 0) is 0 Å². The van der Waals surface area contributed by atoms with E-state index in [1.165, 1.54) is 5.56 Å². The third-order valence-electron chi connectivity index (χ3n) is 2.96. The Morgan fingerprint density at radius 1 is 1.35 bits per heavy atom. The van der Waals surface area contributed by atoms with Crippen LogP contribution in [0, 0.1) is 0 Å². The first-order valence-electron chi connectivity index (χ1n) is 6.29. The second-order valence-corrected chi connectivity index (χ2v) is 6.08. The molecule has 2 aromatic rings. The van der Waals surface area contributed by atoms with Gasteiger partial charge in [-0.3, -0.25) is 0 Å². The van der Waals surface area contributed by atoms with Gasteiger partial charge in [0, 0.05) is 22.5 Å². The number of aromatic nitrogens is 1. The van der Waals surface area contributed by atoms with Crippen LogP contribution in [0.3, 0.4) is 0 Å². The lowest BCUT2D eigenvalue weighted by Crippen LogP contribution is -2.18. The van der Waals surface area contributed by atoms with Crippen molar-refractivity contribution in [3.8, 4) is 5.75 Å². The highest BCUT2D eigenvalue weighted by atomic mass is 79.9. The van der Waals surface area contributed by atoms with Crippen LogP contribution in [0.5, 0.6) is 5.75 Å². The predicted molar refractivity (Wildman–Crippen MR) is 87.5 cm³/mol. The lowest BCUT2D eigenvalue weighted by atomic mass is 10.1. The number of pyridine rings is 1. The fraction of sp³-hybridized carbons (Fsp3) is 0.267. The summed E-state index contributed by atoms with van der Waals surface area (Å²) in [6.45, 7) is 0. The summed E-state index contributed by atoms with van der Waals surface area (Å²) in [5.41, 5.74) is 1.21. The molecule has 1 aromatic heterocycles. The maximum Gasteiger partial charge on any atom is 0.119 e. The van der Waals surface area contributed by atoms with E-state index in [9.17, 15) is 0 Å². The molecule has 0 spiro atoms. The molecule has 5 heteroatoms. The second kappa shape index (κ2) is 7.67. The van der Waals surface area contributed by atoms with E-state index in [2.05, 4.69) is 38.4 Å². The predicted octanol–water partition coefficient (Wildman–Crippen LogP) is 3.91. The molecule has 1 atom stereocenters. The van der Waals surface area contributed by atoms with Gasteiger partial charge < -0.3 is 10.1 Å². The van der Waals surface area contributed by atoms with E-state index in [4.69, 9.17) is 4.74 Å². The maximum absolute atomic E-state index is 5.28. The fourth-order valence-corrected chi connectivity index (χ4v) is 3.47. The molecule has 0 bridgehead atoms. The third kappa shape index (κ3) is 3.98. The van der Waals surface area contributed by atoms with Gasteiger partial charge in [0.2, 0.25) is 0 Å². The summed E-state index contributed by atoms with van der Waals surface area (Å²) >= 11 is 5.25. The van der Waals surface area contributed by atoms with Crippen LogP contribution < -0.4 is 10.1 Å². The molecule has 2 rings (SSSR count). The second-order valence-electron chi connectivity index (χ2n) is 4.22. The maximum atomic E-state index is 5.28. The smallest absolute Gasteiger partial charge is 0.119 e. The molecule has 1 unspecified atom stereocenters. The summed E-state index contributed by atoms with van der Waals surface area (Å²) in [4.78, 5) is 4.38. The van der Waals surface area contributed by atoms with E-state index in [0.29, 0.717) is 0 Å². The molecule has 0 fully saturated rings. The summed E-state index contributed by atoms with van der Waals surface area (Å²) in [6, 6.07) is 12.3. The van der Waals surface area contributed by atoms with Crippen molar-refractivity contribution in [1.29, 1.82) is 0 Å². The third-order valence-corrected chi connectivity index (χ3v) is 4.96. The van der Waals surface area contributed by atoms with Crippen molar-refractivity contribution in [1.82, 2.24) is 10.3 Å². The zero-order chi connectivity index (χ0) is 14.4. The van der Waals surface area contributed by atoms with Gasteiger partial charge in [-0.2, -0.15) is 0 Å². The standard InChI is InChI=1S/C15H17BrN2OS/c1-17-14(11-5-3-6-12(9-11)19-2)10-20-15-13(16)7-4-8-18-15/h3-9,14,17H,10H2,1-2H3. The molecule has 0 aliphatic heterocycles. The number of ether oxygens (including phenoxy) is 1. The number of thioether (sulfide) groups is 1. The molecule has 0 radical (unpaired) electrons. The van der Waals surface area contributed by atoms with Crippen LogP contribution in [-0.4, -0.2) is 24.9 Å². The molecular formula is C15H17BrN2OS. The van der Waals surface area contributed by atoms with Crippen molar-refractivity contribution in [2.24, 2.45) is 0 Å². The summed E-state index contributed by atoms with van der Waals surface area (Å²) in [7, 11) is 3.66. The number of methoxy groups -OCH3 is 1. The van der Waals surface area contributed by atoms with Gasteiger partial charge in [-0.15, -0.1) is 11.8 Å². The number of nitrogens with zero attached hydrogens (tertiary/aromatic N) is 1. The molecule has 1 aromatic carbocycles. The zero-order valence-electron chi connectivity index (χ0n) is 11.5. The van der Waals surface area contributed by atoms with Crippen LogP contribution in [0.2, 0.25) is 0 Å². The molecule has 0 saturated heterocycles. The lowest BCUT2D eigenvalue weighted by molar-refractivity contribution is 0.413. The highest BCUT2D eigenvalue weighted by Gasteiger charge is 2.12. The molecule has 1 N–H and O–H groups in total. The summed E-state index contributed by atoms with van der Waals surface area (Å²) in [6.07, 6.45) is 1.81. The van der Waals surface area contributed by atoms with Crippen molar-refractivity contribution >= 4 is 27.7 Å². The summed E-state index contributed by atoms with van der Waals surface area (Å²) in [5, 5.41) is 4.35. The number of halogens is 1. The van der Waals surface area contributed by atoms with Crippen LogP contribution in [0.15, 0.2) is 52.1 Å². The zero-order valence-corrected chi connectivity index (χ0v) is 13.9. The first kappa shape index (κ1) is 15.4.